The molecule has 4 heterocycles. The Bertz CT molecular complexity index is 1560. The number of hydrogen-bond donors (Lipinski definition) is 4. The van der Waals surface area contributed by atoms with E-state index < -0.39 is 0 Å². The van der Waals surface area contributed by atoms with Crippen molar-refractivity contribution in [1.29, 1.82) is 0 Å². The number of benzene rings is 1. The number of H-pyrrole nitrogens is 3. The largest absolute Gasteiger partial charge is 0.404 e. The predicted molar refractivity (Wildman–Crippen MR) is 121 cm³/mol. The first kappa shape index (κ1) is 19.4. The number of aromatic nitrogens is 7. The number of imidazole rings is 1. The molecule has 0 aliphatic heterocycles. The van der Waals surface area contributed by atoms with Crippen molar-refractivity contribution in [2.24, 2.45) is 5.73 Å². The maximum Gasteiger partial charge on any atom is 0.159 e. The van der Waals surface area contributed by atoms with Crippen molar-refractivity contribution in [3.63, 3.8) is 0 Å². The molecular weight excluding hydrogens is 407 g/mol. The van der Waals surface area contributed by atoms with Crippen LogP contribution in [-0.2, 0) is 0 Å². The van der Waals surface area contributed by atoms with Gasteiger partial charge in [0.15, 0.2) is 5.82 Å². The van der Waals surface area contributed by atoms with Crippen LogP contribution in [0.2, 0.25) is 0 Å². The fourth-order valence-corrected chi connectivity index (χ4v) is 3.60. The Morgan fingerprint density at radius 2 is 2.09 bits per heavy atom. The van der Waals surface area contributed by atoms with Crippen LogP contribution in [0.1, 0.15) is 12.5 Å². The summed E-state index contributed by atoms with van der Waals surface area (Å²) in [6, 6.07) is 8.13. The first-order chi connectivity index (χ1) is 15.7. The lowest BCUT2D eigenvalue weighted by Gasteiger charge is -2.01. The van der Waals surface area contributed by atoms with Crippen molar-refractivity contribution < 1.29 is 4.39 Å². The molecule has 32 heavy (non-hydrogen) atoms. The molecule has 1 aromatic carbocycles. The fraction of sp³-hybridized carbons (Fsp3) is 0.0435. The van der Waals surface area contributed by atoms with Crippen LogP contribution in [0.25, 0.3) is 51.5 Å². The minimum Gasteiger partial charge on any atom is -0.404 e. The summed E-state index contributed by atoms with van der Waals surface area (Å²) in [5.74, 6) is 0.231. The number of halogens is 1. The highest BCUT2D eigenvalue weighted by Crippen LogP contribution is 2.27. The number of nitrogens with one attached hydrogen (secondary N) is 3. The molecule has 158 valence electrons. The minimum absolute atomic E-state index is 0.329. The smallest absolute Gasteiger partial charge is 0.159 e. The summed E-state index contributed by atoms with van der Waals surface area (Å²) >= 11 is 0. The molecule has 0 saturated heterocycles. The van der Waals surface area contributed by atoms with E-state index in [1.54, 1.807) is 30.7 Å². The number of allylic oxidation sites excluding steroid dienone is 1. The molecule has 8 nitrogen and oxygen atoms in total. The van der Waals surface area contributed by atoms with E-state index in [1.807, 2.05) is 25.1 Å². The topological polar surface area (TPSA) is 125 Å². The number of hydrogen-bond acceptors (Lipinski definition) is 5. The first-order valence-electron chi connectivity index (χ1n) is 9.92. The average molecular weight is 426 g/mol. The van der Waals surface area contributed by atoms with Gasteiger partial charge < -0.3 is 10.7 Å². The van der Waals surface area contributed by atoms with Crippen molar-refractivity contribution in [2.45, 2.75) is 6.92 Å². The third-order valence-corrected chi connectivity index (χ3v) is 5.16. The van der Waals surface area contributed by atoms with E-state index in [2.05, 4.69) is 30.4 Å². The van der Waals surface area contributed by atoms with Crippen molar-refractivity contribution in [3.05, 3.63) is 77.1 Å². The lowest BCUT2D eigenvalue weighted by molar-refractivity contribution is 0.628. The highest BCUT2D eigenvalue weighted by Gasteiger charge is 2.15. The lowest BCUT2D eigenvalue weighted by Crippen LogP contribution is -2.23. The Balaban J connectivity index is 1.70. The number of nitrogens with zero attached hydrogens (tertiary/aromatic N) is 4. The predicted octanol–water partition coefficient (Wildman–Crippen LogP) is 2.46. The zero-order valence-electron chi connectivity index (χ0n) is 17.1. The van der Waals surface area contributed by atoms with E-state index >= 15 is 0 Å². The molecule has 0 atom stereocenters. The number of nitrogens with two attached hydrogens (primary N) is 1. The summed E-state index contributed by atoms with van der Waals surface area (Å²) in [5, 5.41) is 16.0. The third kappa shape index (κ3) is 3.35. The van der Waals surface area contributed by atoms with Gasteiger partial charge in [0.25, 0.3) is 0 Å². The molecule has 5 rings (SSSR count). The van der Waals surface area contributed by atoms with Crippen LogP contribution in [0.3, 0.4) is 0 Å². The van der Waals surface area contributed by atoms with Gasteiger partial charge >= 0.3 is 0 Å². The summed E-state index contributed by atoms with van der Waals surface area (Å²) < 4.78 is 13.8. The summed E-state index contributed by atoms with van der Waals surface area (Å²) in [6.45, 7) is 1.92. The number of aromatic amines is 3. The van der Waals surface area contributed by atoms with Crippen LogP contribution in [0.4, 0.5) is 4.39 Å². The van der Waals surface area contributed by atoms with Crippen LogP contribution in [0.15, 0.2) is 55.1 Å². The van der Waals surface area contributed by atoms with Crippen molar-refractivity contribution in [2.75, 3.05) is 0 Å². The van der Waals surface area contributed by atoms with Crippen molar-refractivity contribution in [1.82, 2.24) is 35.3 Å². The second kappa shape index (κ2) is 7.95. The SMILES string of the molecule is C\C=c1/[nH]nc(-c2nc3c(-c4cccc(F)c4)nccc3[nH]2)/c1=C/C(=C\N)c1cn[nH]c1. The van der Waals surface area contributed by atoms with Crippen molar-refractivity contribution >= 4 is 28.8 Å². The summed E-state index contributed by atoms with van der Waals surface area (Å²) in [4.78, 5) is 12.5. The van der Waals surface area contributed by atoms with Gasteiger partial charge in [0.1, 0.15) is 17.0 Å². The van der Waals surface area contributed by atoms with E-state index in [0.29, 0.717) is 28.3 Å². The summed E-state index contributed by atoms with van der Waals surface area (Å²) in [5.41, 5.74) is 10.8. The normalized spacial score (nSPS) is 13.4. The van der Waals surface area contributed by atoms with Gasteiger partial charge in [0.05, 0.1) is 22.8 Å². The molecule has 0 aliphatic carbocycles. The van der Waals surface area contributed by atoms with Gasteiger partial charge in [-0.05, 0) is 31.2 Å². The zero-order chi connectivity index (χ0) is 22.1. The van der Waals surface area contributed by atoms with E-state index in [9.17, 15) is 4.39 Å². The molecule has 0 bridgehead atoms. The van der Waals surface area contributed by atoms with Crippen LogP contribution in [0, 0.1) is 5.82 Å². The molecule has 4 aromatic heterocycles. The summed E-state index contributed by atoms with van der Waals surface area (Å²) in [7, 11) is 0. The monoisotopic (exact) mass is 426 g/mol. The van der Waals surface area contributed by atoms with E-state index in [4.69, 9.17) is 10.7 Å². The highest BCUT2D eigenvalue weighted by molar-refractivity contribution is 5.92. The van der Waals surface area contributed by atoms with E-state index in [-0.39, 0.29) is 5.82 Å². The molecule has 0 unspecified atom stereocenters. The minimum atomic E-state index is -0.329. The number of rotatable bonds is 4. The quantitative estimate of drug-likeness (QED) is 0.351. The number of fused-ring (bicyclic) bond motifs is 1. The van der Waals surface area contributed by atoms with Crippen LogP contribution < -0.4 is 16.3 Å². The number of pyridine rings is 1. The molecule has 0 fully saturated rings. The third-order valence-electron chi connectivity index (χ3n) is 5.16. The molecule has 0 aliphatic rings. The van der Waals surface area contributed by atoms with Crippen LogP contribution in [-0.4, -0.2) is 35.3 Å². The highest BCUT2D eigenvalue weighted by atomic mass is 19.1. The van der Waals surface area contributed by atoms with E-state index in [1.165, 1.54) is 18.3 Å². The van der Waals surface area contributed by atoms with Gasteiger partial charge in [0.2, 0.25) is 0 Å². The van der Waals surface area contributed by atoms with E-state index in [0.717, 1.165) is 27.2 Å². The Kier molecular flexibility index (Phi) is 4.83. The molecule has 0 spiro atoms. The fourth-order valence-electron chi connectivity index (χ4n) is 3.60. The molecule has 0 radical (unpaired) electrons. The average Bonchev–Trinajstić information content (AvgIpc) is 3.56. The van der Waals surface area contributed by atoms with Gasteiger partial charge in [-0.15, -0.1) is 0 Å². The maximum atomic E-state index is 13.8. The maximum absolute atomic E-state index is 13.8. The van der Waals surface area contributed by atoms with Gasteiger partial charge in [0, 0.05) is 40.5 Å². The molecule has 0 amide bonds. The Labute approximate surface area is 181 Å². The van der Waals surface area contributed by atoms with Crippen LogP contribution >= 0.6 is 0 Å². The van der Waals surface area contributed by atoms with Crippen molar-refractivity contribution in [3.8, 4) is 22.8 Å². The van der Waals surface area contributed by atoms with Gasteiger partial charge in [-0.25, -0.2) is 9.37 Å². The van der Waals surface area contributed by atoms with Crippen LogP contribution in [0.5, 0.6) is 0 Å². The second-order valence-corrected chi connectivity index (χ2v) is 7.09. The standard InChI is InChI=1S/C23H19FN8/c1-2-18-17(9-14(10-25)15-11-27-28-12-15)21(32-31-18)23-29-19-6-7-26-20(22(19)30-23)13-4-3-5-16(24)8-13/h2-12,31H,25H2,1H3,(H,27,28)(H,29,30)/b14-10+,17-9+,18-2-. The zero-order valence-corrected chi connectivity index (χ0v) is 17.1. The molecule has 9 heteroatoms. The Morgan fingerprint density at radius 1 is 1.19 bits per heavy atom. The summed E-state index contributed by atoms with van der Waals surface area (Å²) in [6.07, 6.45) is 10.5. The molecule has 5 N–H and O–H groups in total. The molecule has 0 saturated carbocycles. The Hall–Kier alpha value is -4.53. The first-order valence-corrected chi connectivity index (χ1v) is 9.92. The van der Waals surface area contributed by atoms with Gasteiger partial charge in [-0.2, -0.15) is 10.2 Å². The molecule has 5 aromatic rings. The van der Waals surface area contributed by atoms with Gasteiger partial charge in [-0.3, -0.25) is 15.2 Å². The molecular formula is C23H19FN8. The second-order valence-electron chi connectivity index (χ2n) is 7.09. The lowest BCUT2D eigenvalue weighted by atomic mass is 10.1. The Morgan fingerprint density at radius 3 is 2.84 bits per heavy atom. The van der Waals surface area contributed by atoms with Gasteiger partial charge in [-0.1, -0.05) is 18.2 Å².